The second-order valence-corrected chi connectivity index (χ2v) is 4.97. The van der Waals surface area contributed by atoms with Gasteiger partial charge in [0.05, 0.1) is 19.0 Å². The van der Waals surface area contributed by atoms with E-state index >= 15 is 0 Å². The maximum absolute atomic E-state index is 14.1. The predicted octanol–water partition coefficient (Wildman–Crippen LogP) is 3.93. The van der Waals surface area contributed by atoms with Gasteiger partial charge in [0.25, 0.3) is 0 Å². The van der Waals surface area contributed by atoms with Crippen LogP contribution in [-0.2, 0) is 0 Å². The Morgan fingerprint density at radius 3 is 2.86 bits per heavy atom. The number of rotatable bonds is 2. The summed E-state index contributed by atoms with van der Waals surface area (Å²) in [6.07, 6.45) is 1.57. The van der Waals surface area contributed by atoms with Crippen LogP contribution in [-0.4, -0.2) is 22.1 Å². The van der Waals surface area contributed by atoms with Gasteiger partial charge in [-0.15, -0.1) is 0 Å². The van der Waals surface area contributed by atoms with Gasteiger partial charge in [-0.3, -0.25) is 0 Å². The van der Waals surface area contributed by atoms with Crippen molar-refractivity contribution in [2.24, 2.45) is 0 Å². The van der Waals surface area contributed by atoms with Crippen molar-refractivity contribution in [1.29, 1.82) is 0 Å². The van der Waals surface area contributed by atoms with Gasteiger partial charge >= 0.3 is 0 Å². The zero-order valence-corrected chi connectivity index (χ0v) is 11.8. The second-order valence-electron chi connectivity index (χ2n) is 4.97. The van der Waals surface area contributed by atoms with Crippen molar-refractivity contribution in [1.82, 2.24) is 15.0 Å². The predicted molar refractivity (Wildman–Crippen MR) is 83.3 cm³/mol. The number of para-hydroxylation sites is 1. The van der Waals surface area contributed by atoms with Gasteiger partial charge in [0.1, 0.15) is 17.1 Å². The van der Waals surface area contributed by atoms with Gasteiger partial charge in [-0.1, -0.05) is 18.2 Å². The van der Waals surface area contributed by atoms with Gasteiger partial charge in [0.15, 0.2) is 5.65 Å². The highest BCUT2D eigenvalue weighted by Crippen LogP contribution is 2.28. The van der Waals surface area contributed by atoms with Gasteiger partial charge < -0.3 is 9.72 Å². The molecule has 0 spiro atoms. The van der Waals surface area contributed by atoms with Crippen LogP contribution in [0.25, 0.3) is 33.3 Å². The largest absolute Gasteiger partial charge is 0.497 e. The molecule has 4 rings (SSSR count). The number of nitrogens with one attached hydrogen (secondary N) is 1. The molecule has 22 heavy (non-hydrogen) atoms. The number of ether oxygens (including phenoxy) is 1. The fourth-order valence-corrected chi connectivity index (χ4v) is 2.55. The Hall–Kier alpha value is -2.95. The highest BCUT2D eigenvalue weighted by molar-refractivity contribution is 6.03. The van der Waals surface area contributed by atoms with E-state index in [1.165, 1.54) is 6.07 Å². The highest BCUT2D eigenvalue weighted by atomic mass is 19.1. The van der Waals surface area contributed by atoms with E-state index in [2.05, 4.69) is 15.0 Å². The van der Waals surface area contributed by atoms with Crippen LogP contribution in [0.4, 0.5) is 4.39 Å². The first-order chi connectivity index (χ1) is 10.8. The Kier molecular flexibility index (Phi) is 2.79. The van der Waals surface area contributed by atoms with Gasteiger partial charge in [-0.25, -0.2) is 14.4 Å². The molecule has 0 aliphatic rings. The van der Waals surface area contributed by atoms with Gasteiger partial charge in [0, 0.05) is 16.5 Å². The van der Waals surface area contributed by atoms with E-state index in [1.807, 2.05) is 24.3 Å². The average Bonchev–Trinajstić information content (AvgIpc) is 2.93. The minimum Gasteiger partial charge on any atom is -0.497 e. The Labute approximate surface area is 125 Å². The van der Waals surface area contributed by atoms with Crippen molar-refractivity contribution in [2.75, 3.05) is 7.11 Å². The fourth-order valence-electron chi connectivity index (χ4n) is 2.55. The molecule has 2 aromatic carbocycles. The quantitative estimate of drug-likeness (QED) is 0.609. The molecule has 4 nitrogen and oxygen atoms in total. The number of aromatic nitrogens is 3. The standard InChI is InChI=1S/C17H12FN3O/c1-22-10-6-7-13(18)12(8-10)15-9-19-17-16(20-15)11-4-2-3-5-14(11)21-17/h2-9H,1H3,(H,19,21). The van der Waals surface area contributed by atoms with Crippen molar-refractivity contribution < 1.29 is 9.13 Å². The number of benzene rings is 2. The van der Waals surface area contributed by atoms with E-state index in [9.17, 15) is 4.39 Å². The third kappa shape index (κ3) is 1.90. The summed E-state index contributed by atoms with van der Waals surface area (Å²) in [4.78, 5) is 12.1. The molecule has 0 unspecified atom stereocenters. The molecule has 0 saturated heterocycles. The van der Waals surface area contributed by atoms with E-state index in [-0.39, 0.29) is 5.82 Å². The van der Waals surface area contributed by atoms with Crippen LogP contribution in [0.1, 0.15) is 0 Å². The van der Waals surface area contributed by atoms with Crippen molar-refractivity contribution in [3.63, 3.8) is 0 Å². The van der Waals surface area contributed by atoms with Crippen molar-refractivity contribution >= 4 is 22.1 Å². The lowest BCUT2D eigenvalue weighted by Crippen LogP contribution is -1.92. The summed E-state index contributed by atoms with van der Waals surface area (Å²) < 4.78 is 19.3. The Balaban J connectivity index is 1.98. The van der Waals surface area contributed by atoms with E-state index in [0.29, 0.717) is 22.7 Å². The molecule has 0 fully saturated rings. The minimum atomic E-state index is -0.353. The summed E-state index contributed by atoms with van der Waals surface area (Å²) in [7, 11) is 1.55. The highest BCUT2D eigenvalue weighted by Gasteiger charge is 2.12. The molecule has 1 N–H and O–H groups in total. The molecule has 0 radical (unpaired) electrons. The number of methoxy groups -OCH3 is 1. The first kappa shape index (κ1) is 12.8. The maximum atomic E-state index is 14.1. The lowest BCUT2D eigenvalue weighted by Gasteiger charge is -2.05. The van der Waals surface area contributed by atoms with Crippen LogP contribution in [0.5, 0.6) is 5.75 Å². The molecule has 0 aliphatic carbocycles. The summed E-state index contributed by atoms with van der Waals surface area (Å²) >= 11 is 0. The Bertz CT molecular complexity index is 994. The lowest BCUT2D eigenvalue weighted by molar-refractivity contribution is 0.414. The van der Waals surface area contributed by atoms with Gasteiger partial charge in [-0.2, -0.15) is 0 Å². The van der Waals surface area contributed by atoms with Crippen molar-refractivity contribution in [2.45, 2.75) is 0 Å². The van der Waals surface area contributed by atoms with E-state index in [0.717, 1.165) is 16.4 Å². The molecule has 0 amide bonds. The van der Waals surface area contributed by atoms with Crippen molar-refractivity contribution in [3.8, 4) is 17.0 Å². The number of fused-ring (bicyclic) bond motifs is 3. The van der Waals surface area contributed by atoms with E-state index in [4.69, 9.17) is 4.74 Å². The summed E-state index contributed by atoms with van der Waals surface area (Å²) in [5.41, 5.74) is 3.23. The number of halogens is 1. The molecular formula is C17H12FN3O. The third-order valence-electron chi connectivity index (χ3n) is 3.66. The average molecular weight is 293 g/mol. The molecule has 108 valence electrons. The number of aromatic amines is 1. The molecule has 0 saturated carbocycles. The molecule has 5 heteroatoms. The van der Waals surface area contributed by atoms with Gasteiger partial charge in [0.2, 0.25) is 0 Å². The van der Waals surface area contributed by atoms with Crippen LogP contribution in [0.15, 0.2) is 48.7 Å². The first-order valence-corrected chi connectivity index (χ1v) is 6.83. The number of hydrogen-bond acceptors (Lipinski definition) is 3. The van der Waals surface area contributed by atoms with Crippen LogP contribution in [0.3, 0.4) is 0 Å². The maximum Gasteiger partial charge on any atom is 0.157 e. The number of nitrogens with zero attached hydrogens (tertiary/aromatic N) is 2. The van der Waals surface area contributed by atoms with Crippen LogP contribution >= 0.6 is 0 Å². The van der Waals surface area contributed by atoms with E-state index < -0.39 is 0 Å². The van der Waals surface area contributed by atoms with Crippen LogP contribution < -0.4 is 4.74 Å². The summed E-state index contributed by atoms with van der Waals surface area (Å²) in [6, 6.07) is 12.4. The van der Waals surface area contributed by atoms with Gasteiger partial charge in [-0.05, 0) is 24.3 Å². The molecule has 0 atom stereocenters. The Morgan fingerprint density at radius 2 is 2.00 bits per heavy atom. The van der Waals surface area contributed by atoms with E-state index in [1.54, 1.807) is 25.4 Å². The third-order valence-corrected chi connectivity index (χ3v) is 3.66. The summed E-state index contributed by atoms with van der Waals surface area (Å²) in [5, 5.41) is 0.968. The summed E-state index contributed by atoms with van der Waals surface area (Å²) in [5.74, 6) is 0.228. The molecule has 0 aliphatic heterocycles. The lowest BCUT2D eigenvalue weighted by atomic mass is 10.1. The minimum absolute atomic E-state index is 0.353. The van der Waals surface area contributed by atoms with Crippen molar-refractivity contribution in [3.05, 3.63) is 54.5 Å². The van der Waals surface area contributed by atoms with Crippen LogP contribution in [0, 0.1) is 5.82 Å². The SMILES string of the molecule is COc1ccc(F)c(-c2cnc3[nH]c4ccccc4c3n2)c1. The molecule has 2 heterocycles. The molecule has 0 bridgehead atoms. The van der Waals surface area contributed by atoms with Crippen LogP contribution in [0.2, 0.25) is 0 Å². The number of H-pyrrole nitrogens is 1. The monoisotopic (exact) mass is 293 g/mol. The topological polar surface area (TPSA) is 50.8 Å². The molecule has 4 aromatic rings. The smallest absolute Gasteiger partial charge is 0.157 e. The summed E-state index contributed by atoms with van der Waals surface area (Å²) in [6.45, 7) is 0. The zero-order chi connectivity index (χ0) is 15.1. The normalized spacial score (nSPS) is 11.2. The molecule has 2 aromatic heterocycles. The zero-order valence-electron chi connectivity index (χ0n) is 11.8. The Morgan fingerprint density at radius 1 is 1.14 bits per heavy atom. The second kappa shape index (κ2) is 4.80. The molecular weight excluding hydrogens is 281 g/mol. The fraction of sp³-hybridized carbons (Fsp3) is 0.0588. The number of hydrogen-bond donors (Lipinski definition) is 1. The first-order valence-electron chi connectivity index (χ1n) is 6.83.